The Morgan fingerprint density at radius 1 is 1.00 bits per heavy atom. The Bertz CT molecular complexity index is 989. The summed E-state index contributed by atoms with van der Waals surface area (Å²) in [6.07, 6.45) is 0. The molecule has 0 fully saturated rings. The first-order valence-electron chi connectivity index (χ1n) is 9.91. The Kier molecular flexibility index (Phi) is 8.48. The highest BCUT2D eigenvalue weighted by molar-refractivity contribution is 7.18. The zero-order valence-electron chi connectivity index (χ0n) is 19.2. The highest BCUT2D eigenvalue weighted by atomic mass is 32.1. The fourth-order valence-electron chi connectivity index (χ4n) is 2.98. The molecule has 0 saturated carbocycles. The van der Waals surface area contributed by atoms with E-state index in [-0.39, 0.29) is 34.7 Å². The second-order valence-electron chi connectivity index (χ2n) is 6.98. The van der Waals surface area contributed by atoms with Crippen LogP contribution in [-0.4, -0.2) is 51.8 Å². The van der Waals surface area contributed by atoms with Gasteiger partial charge in [0.15, 0.2) is 11.5 Å². The van der Waals surface area contributed by atoms with E-state index in [0.717, 1.165) is 11.3 Å². The molecule has 0 aliphatic rings. The van der Waals surface area contributed by atoms with Gasteiger partial charge in [0.2, 0.25) is 5.75 Å². The standard InChI is InChI=1S/C22H28N2O7S/c1-8-31-22(27)16-12(4)18(20(26)23-11(2)3)32-21(16)24-19(25)13-9-14(28-5)17(30-7)15(10-13)29-6/h9-11H,8H2,1-7H3,(H,23,26)(H,24,25). The molecule has 2 N–H and O–H groups in total. The topological polar surface area (TPSA) is 112 Å². The molecular weight excluding hydrogens is 436 g/mol. The van der Waals surface area contributed by atoms with Crippen molar-refractivity contribution in [3.05, 3.63) is 33.7 Å². The predicted molar refractivity (Wildman–Crippen MR) is 122 cm³/mol. The Morgan fingerprint density at radius 2 is 1.59 bits per heavy atom. The Morgan fingerprint density at radius 3 is 2.06 bits per heavy atom. The van der Waals surface area contributed by atoms with Gasteiger partial charge in [-0.3, -0.25) is 9.59 Å². The van der Waals surface area contributed by atoms with Crippen molar-refractivity contribution in [3.8, 4) is 17.2 Å². The summed E-state index contributed by atoms with van der Waals surface area (Å²) >= 11 is 1.01. The van der Waals surface area contributed by atoms with Crippen LogP contribution in [0.15, 0.2) is 12.1 Å². The summed E-state index contributed by atoms with van der Waals surface area (Å²) < 4.78 is 21.0. The number of anilines is 1. The van der Waals surface area contributed by atoms with Crippen LogP contribution in [0.3, 0.4) is 0 Å². The molecule has 0 aliphatic heterocycles. The highest BCUT2D eigenvalue weighted by Gasteiger charge is 2.27. The molecule has 1 heterocycles. The first-order chi connectivity index (χ1) is 15.2. The van der Waals surface area contributed by atoms with Crippen LogP contribution < -0.4 is 24.8 Å². The van der Waals surface area contributed by atoms with Gasteiger partial charge in [0, 0.05) is 11.6 Å². The molecule has 32 heavy (non-hydrogen) atoms. The van der Waals surface area contributed by atoms with Gasteiger partial charge in [-0.1, -0.05) is 0 Å². The number of carbonyl (C=O) groups is 3. The van der Waals surface area contributed by atoms with Crippen molar-refractivity contribution < 1.29 is 33.3 Å². The minimum absolute atomic E-state index is 0.0905. The summed E-state index contributed by atoms with van der Waals surface area (Å²) in [5.74, 6) is -0.513. The van der Waals surface area contributed by atoms with Crippen LogP contribution in [0.25, 0.3) is 0 Å². The third-order valence-corrected chi connectivity index (χ3v) is 5.61. The minimum atomic E-state index is -0.620. The van der Waals surface area contributed by atoms with E-state index in [9.17, 15) is 14.4 Å². The Labute approximate surface area is 191 Å². The average molecular weight is 465 g/mol. The maximum Gasteiger partial charge on any atom is 0.341 e. The van der Waals surface area contributed by atoms with Crippen LogP contribution in [0.5, 0.6) is 17.2 Å². The van der Waals surface area contributed by atoms with Gasteiger partial charge in [-0.2, -0.15) is 0 Å². The zero-order chi connectivity index (χ0) is 24.0. The lowest BCUT2D eigenvalue weighted by molar-refractivity contribution is 0.0527. The van der Waals surface area contributed by atoms with Crippen molar-refractivity contribution in [2.45, 2.75) is 33.7 Å². The number of carbonyl (C=O) groups excluding carboxylic acids is 3. The third-order valence-electron chi connectivity index (χ3n) is 4.41. The lowest BCUT2D eigenvalue weighted by Crippen LogP contribution is -2.29. The number of benzene rings is 1. The Hall–Kier alpha value is -3.27. The zero-order valence-corrected chi connectivity index (χ0v) is 20.0. The molecule has 10 heteroatoms. The second-order valence-corrected chi connectivity index (χ2v) is 8.00. The number of rotatable bonds is 9. The van der Waals surface area contributed by atoms with Crippen molar-refractivity contribution in [3.63, 3.8) is 0 Å². The molecule has 9 nitrogen and oxygen atoms in total. The molecule has 0 atom stereocenters. The van der Waals surface area contributed by atoms with Crippen LogP contribution in [0.1, 0.15) is 56.7 Å². The van der Waals surface area contributed by atoms with Crippen molar-refractivity contribution in [1.29, 1.82) is 0 Å². The summed E-state index contributed by atoms with van der Waals surface area (Å²) in [4.78, 5) is 38.6. The van der Waals surface area contributed by atoms with Gasteiger partial charge in [-0.25, -0.2) is 4.79 Å². The number of esters is 1. The maximum atomic E-state index is 13.0. The first-order valence-corrected chi connectivity index (χ1v) is 10.7. The highest BCUT2D eigenvalue weighted by Crippen LogP contribution is 2.39. The van der Waals surface area contributed by atoms with Crippen LogP contribution in [0.4, 0.5) is 5.00 Å². The van der Waals surface area contributed by atoms with Gasteiger partial charge in [0.1, 0.15) is 5.00 Å². The molecule has 1 aromatic heterocycles. The molecule has 0 unspecified atom stereocenters. The molecule has 0 saturated heterocycles. The average Bonchev–Trinajstić information content (AvgIpc) is 3.07. The molecule has 0 aliphatic carbocycles. The van der Waals surface area contributed by atoms with E-state index in [4.69, 9.17) is 18.9 Å². The summed E-state index contributed by atoms with van der Waals surface area (Å²) in [6, 6.07) is 2.90. The number of amides is 2. The fraction of sp³-hybridized carbons (Fsp3) is 0.409. The quantitative estimate of drug-likeness (QED) is 0.545. The van der Waals surface area contributed by atoms with Crippen molar-refractivity contribution in [2.75, 3.05) is 33.3 Å². The summed E-state index contributed by atoms with van der Waals surface area (Å²) in [6.45, 7) is 7.15. The van der Waals surface area contributed by atoms with E-state index in [1.807, 2.05) is 13.8 Å². The lowest BCUT2D eigenvalue weighted by atomic mass is 10.1. The van der Waals surface area contributed by atoms with Crippen molar-refractivity contribution in [1.82, 2.24) is 5.32 Å². The van der Waals surface area contributed by atoms with Gasteiger partial charge in [-0.05, 0) is 45.4 Å². The summed E-state index contributed by atoms with van der Waals surface area (Å²) in [5, 5.41) is 5.74. The van der Waals surface area contributed by atoms with Crippen LogP contribution in [0, 0.1) is 6.92 Å². The van der Waals surface area contributed by atoms with Gasteiger partial charge < -0.3 is 29.6 Å². The SMILES string of the molecule is CCOC(=O)c1c(NC(=O)c2cc(OC)c(OC)c(OC)c2)sc(C(=O)NC(C)C)c1C. The van der Waals surface area contributed by atoms with Crippen molar-refractivity contribution >= 4 is 34.1 Å². The first kappa shape index (κ1) is 25.0. The molecule has 2 rings (SSSR count). The summed E-state index contributed by atoms with van der Waals surface area (Å²) in [7, 11) is 4.35. The largest absolute Gasteiger partial charge is 0.493 e. The molecule has 2 amide bonds. The number of methoxy groups -OCH3 is 3. The number of nitrogens with one attached hydrogen (secondary N) is 2. The van der Waals surface area contributed by atoms with E-state index in [2.05, 4.69) is 10.6 Å². The third kappa shape index (κ3) is 5.31. The number of hydrogen-bond donors (Lipinski definition) is 2. The Balaban J connectivity index is 2.50. The van der Waals surface area contributed by atoms with E-state index in [0.29, 0.717) is 27.7 Å². The molecular formula is C22H28N2O7S. The number of thiophene rings is 1. The molecule has 1 aromatic carbocycles. The predicted octanol–water partition coefficient (Wildman–Crippen LogP) is 3.65. The molecule has 0 bridgehead atoms. The van der Waals surface area contributed by atoms with Gasteiger partial charge >= 0.3 is 5.97 Å². The normalized spacial score (nSPS) is 10.5. The second kappa shape index (κ2) is 10.9. The van der Waals surface area contributed by atoms with Gasteiger partial charge in [-0.15, -0.1) is 11.3 Å². The maximum absolute atomic E-state index is 13.0. The van der Waals surface area contributed by atoms with Crippen LogP contribution in [-0.2, 0) is 4.74 Å². The summed E-state index contributed by atoms with van der Waals surface area (Å²) in [5.41, 5.74) is 0.798. The van der Waals surface area contributed by atoms with E-state index >= 15 is 0 Å². The van der Waals surface area contributed by atoms with Gasteiger partial charge in [0.25, 0.3) is 11.8 Å². The number of hydrogen-bond acceptors (Lipinski definition) is 8. The fourth-order valence-corrected chi connectivity index (χ4v) is 4.08. The molecule has 0 spiro atoms. The van der Waals surface area contributed by atoms with E-state index < -0.39 is 11.9 Å². The van der Waals surface area contributed by atoms with E-state index in [1.165, 1.54) is 33.5 Å². The van der Waals surface area contributed by atoms with Crippen LogP contribution >= 0.6 is 11.3 Å². The van der Waals surface area contributed by atoms with Crippen LogP contribution in [0.2, 0.25) is 0 Å². The minimum Gasteiger partial charge on any atom is -0.493 e. The molecule has 0 radical (unpaired) electrons. The van der Waals surface area contributed by atoms with Gasteiger partial charge in [0.05, 0.1) is 38.4 Å². The van der Waals surface area contributed by atoms with E-state index in [1.54, 1.807) is 13.8 Å². The number of ether oxygens (including phenoxy) is 4. The smallest absolute Gasteiger partial charge is 0.341 e. The van der Waals surface area contributed by atoms with Crippen molar-refractivity contribution in [2.24, 2.45) is 0 Å². The molecule has 2 aromatic rings. The lowest BCUT2D eigenvalue weighted by Gasteiger charge is -2.14. The monoisotopic (exact) mass is 464 g/mol. The molecule has 174 valence electrons.